The fourth-order valence-electron chi connectivity index (χ4n) is 1.34. The van der Waals surface area contributed by atoms with Crippen LogP contribution < -0.4 is 0 Å². The number of carboxylic acids is 1. The molecule has 0 aliphatic rings. The van der Waals surface area contributed by atoms with E-state index in [1.165, 1.54) is 0 Å². The van der Waals surface area contributed by atoms with Gasteiger partial charge in [-0.15, -0.1) is 0 Å². The second-order valence-corrected chi connectivity index (χ2v) is 3.33. The molecule has 4 heteroatoms. The van der Waals surface area contributed by atoms with Gasteiger partial charge in [0, 0.05) is 12.3 Å². The Hall–Kier alpha value is -1.32. The molecule has 0 aliphatic heterocycles. The SMILES string of the molecule is CCc1onc(C(C)CC)c1C(=O)O. The summed E-state index contributed by atoms with van der Waals surface area (Å²) in [6.07, 6.45) is 1.42. The van der Waals surface area contributed by atoms with Gasteiger partial charge in [-0.3, -0.25) is 0 Å². The van der Waals surface area contributed by atoms with Gasteiger partial charge in [-0.25, -0.2) is 4.79 Å². The first-order chi connectivity index (χ1) is 6.61. The van der Waals surface area contributed by atoms with Crippen molar-refractivity contribution in [3.8, 4) is 0 Å². The van der Waals surface area contributed by atoms with Crippen molar-refractivity contribution >= 4 is 5.97 Å². The summed E-state index contributed by atoms with van der Waals surface area (Å²) in [6, 6.07) is 0. The Morgan fingerprint density at radius 1 is 1.57 bits per heavy atom. The molecule has 14 heavy (non-hydrogen) atoms. The van der Waals surface area contributed by atoms with E-state index in [-0.39, 0.29) is 11.5 Å². The number of aromatic carboxylic acids is 1. The Morgan fingerprint density at radius 2 is 2.21 bits per heavy atom. The van der Waals surface area contributed by atoms with Crippen LogP contribution in [0.15, 0.2) is 4.52 Å². The maximum absolute atomic E-state index is 11.0. The summed E-state index contributed by atoms with van der Waals surface area (Å²) in [7, 11) is 0. The van der Waals surface area contributed by atoms with E-state index in [0.29, 0.717) is 17.9 Å². The zero-order chi connectivity index (χ0) is 10.7. The van der Waals surface area contributed by atoms with Crippen LogP contribution in [0.4, 0.5) is 0 Å². The molecular weight excluding hydrogens is 182 g/mol. The average molecular weight is 197 g/mol. The molecular formula is C10H15NO3. The summed E-state index contributed by atoms with van der Waals surface area (Å²) in [4.78, 5) is 11.0. The van der Waals surface area contributed by atoms with E-state index in [1.807, 2.05) is 20.8 Å². The van der Waals surface area contributed by atoms with Gasteiger partial charge in [0.25, 0.3) is 0 Å². The Labute approximate surface area is 82.9 Å². The first kappa shape index (κ1) is 10.8. The van der Waals surface area contributed by atoms with Gasteiger partial charge in [-0.05, 0) is 6.42 Å². The van der Waals surface area contributed by atoms with Crippen LogP contribution in [0.3, 0.4) is 0 Å². The van der Waals surface area contributed by atoms with Crippen molar-refractivity contribution in [2.24, 2.45) is 0 Å². The number of carboxylic acid groups (broad SMARTS) is 1. The van der Waals surface area contributed by atoms with Gasteiger partial charge < -0.3 is 9.63 Å². The fourth-order valence-corrected chi connectivity index (χ4v) is 1.34. The van der Waals surface area contributed by atoms with E-state index in [0.717, 1.165) is 6.42 Å². The molecule has 1 rings (SSSR count). The minimum atomic E-state index is -0.946. The van der Waals surface area contributed by atoms with E-state index < -0.39 is 5.97 Å². The molecule has 1 aromatic heterocycles. The quantitative estimate of drug-likeness (QED) is 0.805. The summed E-state index contributed by atoms with van der Waals surface area (Å²) in [5.41, 5.74) is 0.818. The first-order valence-electron chi connectivity index (χ1n) is 4.83. The highest BCUT2D eigenvalue weighted by atomic mass is 16.5. The Morgan fingerprint density at radius 3 is 2.64 bits per heavy atom. The van der Waals surface area contributed by atoms with Crippen LogP contribution in [0.25, 0.3) is 0 Å². The van der Waals surface area contributed by atoms with E-state index in [9.17, 15) is 4.79 Å². The molecule has 0 spiro atoms. The van der Waals surface area contributed by atoms with E-state index in [4.69, 9.17) is 9.63 Å². The lowest BCUT2D eigenvalue weighted by atomic mass is 9.99. The lowest BCUT2D eigenvalue weighted by Gasteiger charge is -2.04. The summed E-state index contributed by atoms with van der Waals surface area (Å²) in [6.45, 7) is 5.80. The van der Waals surface area contributed by atoms with Gasteiger partial charge in [0.05, 0.1) is 0 Å². The van der Waals surface area contributed by atoms with Crippen LogP contribution in [0.5, 0.6) is 0 Å². The Bertz CT molecular complexity index is 330. The Kier molecular flexibility index (Phi) is 3.28. The predicted molar refractivity (Wildman–Crippen MR) is 51.5 cm³/mol. The third-order valence-electron chi connectivity index (χ3n) is 2.40. The van der Waals surface area contributed by atoms with Gasteiger partial charge in [-0.2, -0.15) is 0 Å². The van der Waals surface area contributed by atoms with Crippen molar-refractivity contribution in [2.75, 3.05) is 0 Å². The highest BCUT2D eigenvalue weighted by molar-refractivity contribution is 5.90. The maximum atomic E-state index is 11.0. The number of hydrogen-bond acceptors (Lipinski definition) is 3. The Balaban J connectivity index is 3.17. The first-order valence-corrected chi connectivity index (χ1v) is 4.83. The highest BCUT2D eigenvalue weighted by Crippen LogP contribution is 2.24. The zero-order valence-corrected chi connectivity index (χ0v) is 8.70. The summed E-state index contributed by atoms with van der Waals surface area (Å²) >= 11 is 0. The van der Waals surface area contributed by atoms with Gasteiger partial charge in [-0.1, -0.05) is 25.9 Å². The number of carbonyl (C=O) groups is 1. The molecule has 0 radical (unpaired) electrons. The molecule has 1 N–H and O–H groups in total. The van der Waals surface area contributed by atoms with Crippen molar-refractivity contribution < 1.29 is 14.4 Å². The molecule has 0 saturated heterocycles. The maximum Gasteiger partial charge on any atom is 0.341 e. The minimum Gasteiger partial charge on any atom is -0.477 e. The van der Waals surface area contributed by atoms with Crippen LogP contribution in [0, 0.1) is 0 Å². The molecule has 0 aromatic carbocycles. The second kappa shape index (κ2) is 4.26. The molecule has 1 heterocycles. The molecule has 1 atom stereocenters. The van der Waals surface area contributed by atoms with Crippen LogP contribution >= 0.6 is 0 Å². The van der Waals surface area contributed by atoms with Gasteiger partial charge in [0.1, 0.15) is 11.3 Å². The summed E-state index contributed by atoms with van der Waals surface area (Å²) in [5, 5.41) is 12.8. The van der Waals surface area contributed by atoms with Crippen molar-refractivity contribution in [2.45, 2.75) is 39.5 Å². The summed E-state index contributed by atoms with van der Waals surface area (Å²) in [5.74, 6) is -0.351. The molecule has 4 nitrogen and oxygen atoms in total. The third kappa shape index (κ3) is 1.78. The molecule has 0 saturated carbocycles. The van der Waals surface area contributed by atoms with Crippen LogP contribution in [-0.4, -0.2) is 16.2 Å². The van der Waals surface area contributed by atoms with Crippen LogP contribution in [0.1, 0.15) is 54.9 Å². The van der Waals surface area contributed by atoms with Gasteiger partial charge >= 0.3 is 5.97 Å². The highest BCUT2D eigenvalue weighted by Gasteiger charge is 2.23. The van der Waals surface area contributed by atoms with Crippen molar-refractivity contribution in [1.82, 2.24) is 5.16 Å². The van der Waals surface area contributed by atoms with Crippen LogP contribution in [-0.2, 0) is 6.42 Å². The van der Waals surface area contributed by atoms with E-state index in [2.05, 4.69) is 5.16 Å². The molecule has 0 fully saturated rings. The normalized spacial score (nSPS) is 12.8. The number of aromatic nitrogens is 1. The largest absolute Gasteiger partial charge is 0.477 e. The van der Waals surface area contributed by atoms with Crippen molar-refractivity contribution in [3.63, 3.8) is 0 Å². The third-order valence-corrected chi connectivity index (χ3v) is 2.40. The monoisotopic (exact) mass is 197 g/mol. The van der Waals surface area contributed by atoms with E-state index in [1.54, 1.807) is 0 Å². The standard InChI is InChI=1S/C10H15NO3/c1-4-6(3)9-8(10(12)13)7(5-2)14-11-9/h6H,4-5H2,1-3H3,(H,12,13). The second-order valence-electron chi connectivity index (χ2n) is 3.33. The molecule has 1 unspecified atom stereocenters. The summed E-state index contributed by atoms with van der Waals surface area (Å²) < 4.78 is 5.00. The lowest BCUT2D eigenvalue weighted by molar-refractivity contribution is 0.0693. The molecule has 0 amide bonds. The number of nitrogens with zero attached hydrogens (tertiary/aromatic N) is 1. The number of hydrogen-bond donors (Lipinski definition) is 1. The minimum absolute atomic E-state index is 0.130. The van der Waals surface area contributed by atoms with Crippen LogP contribution in [0.2, 0.25) is 0 Å². The predicted octanol–water partition coefficient (Wildman–Crippen LogP) is 2.45. The number of aryl methyl sites for hydroxylation is 1. The molecule has 0 bridgehead atoms. The topological polar surface area (TPSA) is 63.3 Å². The fraction of sp³-hybridized carbons (Fsp3) is 0.600. The molecule has 1 aromatic rings. The van der Waals surface area contributed by atoms with Crippen molar-refractivity contribution in [3.05, 3.63) is 17.0 Å². The lowest BCUT2D eigenvalue weighted by Crippen LogP contribution is -2.05. The molecule has 78 valence electrons. The van der Waals surface area contributed by atoms with Gasteiger partial charge in [0.2, 0.25) is 0 Å². The van der Waals surface area contributed by atoms with E-state index >= 15 is 0 Å². The van der Waals surface area contributed by atoms with Crippen molar-refractivity contribution in [1.29, 1.82) is 0 Å². The zero-order valence-electron chi connectivity index (χ0n) is 8.70. The number of rotatable bonds is 4. The smallest absolute Gasteiger partial charge is 0.341 e. The molecule has 0 aliphatic carbocycles. The van der Waals surface area contributed by atoms with Gasteiger partial charge in [0.15, 0.2) is 5.76 Å². The average Bonchev–Trinajstić information content (AvgIpc) is 2.59.